The van der Waals surface area contributed by atoms with E-state index in [9.17, 15) is 4.79 Å². The van der Waals surface area contributed by atoms with Gasteiger partial charge in [0.2, 0.25) is 0 Å². The zero-order chi connectivity index (χ0) is 11.7. The molecule has 0 aliphatic rings. The van der Waals surface area contributed by atoms with Crippen molar-refractivity contribution in [3.8, 4) is 0 Å². The first-order valence-electron chi connectivity index (χ1n) is 5.14. The minimum absolute atomic E-state index is 0.0920. The Bertz CT molecular complexity index is 552. The summed E-state index contributed by atoms with van der Waals surface area (Å²) in [7, 11) is 3.55. The maximum atomic E-state index is 11.3. The molecule has 16 heavy (non-hydrogen) atoms. The molecule has 5 nitrogen and oxygen atoms in total. The van der Waals surface area contributed by atoms with E-state index in [0.717, 1.165) is 11.1 Å². The van der Waals surface area contributed by atoms with Crippen molar-refractivity contribution in [1.82, 2.24) is 9.88 Å². The van der Waals surface area contributed by atoms with Gasteiger partial charge in [0.05, 0.1) is 5.52 Å². The lowest BCUT2D eigenvalue weighted by atomic mass is 10.1. The highest BCUT2D eigenvalue weighted by Crippen LogP contribution is 2.18. The van der Waals surface area contributed by atoms with Crippen molar-refractivity contribution >= 4 is 11.1 Å². The van der Waals surface area contributed by atoms with Gasteiger partial charge in [-0.2, -0.15) is 0 Å². The highest BCUT2D eigenvalue weighted by atomic mass is 16.4. The number of nitrogens with one attached hydrogen (secondary N) is 1. The molecule has 0 amide bonds. The highest BCUT2D eigenvalue weighted by molar-refractivity contribution is 5.73. The molecule has 0 fully saturated rings. The minimum Gasteiger partial charge on any atom is -0.408 e. The van der Waals surface area contributed by atoms with Gasteiger partial charge in [0.15, 0.2) is 5.58 Å². The smallest absolute Gasteiger partial charge is 0.408 e. The molecule has 0 saturated carbocycles. The third-order valence-corrected chi connectivity index (χ3v) is 2.80. The average molecular weight is 221 g/mol. The lowest BCUT2D eigenvalue weighted by Crippen LogP contribution is -2.24. The maximum absolute atomic E-state index is 11.3. The molecule has 2 aromatic rings. The summed E-state index contributed by atoms with van der Waals surface area (Å²) in [6.07, 6.45) is 0. The van der Waals surface area contributed by atoms with E-state index in [1.165, 1.54) is 4.57 Å². The topological polar surface area (TPSA) is 73.2 Å². The van der Waals surface area contributed by atoms with Crippen LogP contribution in [0.4, 0.5) is 0 Å². The van der Waals surface area contributed by atoms with Crippen LogP contribution in [0.3, 0.4) is 0 Å². The molecule has 1 aromatic carbocycles. The first-order valence-corrected chi connectivity index (χ1v) is 5.14. The number of rotatable bonds is 3. The van der Waals surface area contributed by atoms with E-state index in [2.05, 4.69) is 5.32 Å². The number of hydrogen-bond acceptors (Lipinski definition) is 4. The molecule has 1 aromatic heterocycles. The Morgan fingerprint density at radius 3 is 2.94 bits per heavy atom. The van der Waals surface area contributed by atoms with Crippen LogP contribution in [0.5, 0.6) is 0 Å². The van der Waals surface area contributed by atoms with Crippen molar-refractivity contribution in [3.63, 3.8) is 0 Å². The van der Waals surface area contributed by atoms with Crippen molar-refractivity contribution in [3.05, 3.63) is 34.3 Å². The molecule has 0 aliphatic heterocycles. The monoisotopic (exact) mass is 221 g/mol. The van der Waals surface area contributed by atoms with E-state index in [4.69, 9.17) is 10.2 Å². The SMILES string of the molecule is CNC(CN)c1ccc2oc(=O)n(C)c2c1. The second-order valence-corrected chi connectivity index (χ2v) is 3.73. The van der Waals surface area contributed by atoms with Gasteiger partial charge in [-0.15, -0.1) is 0 Å². The van der Waals surface area contributed by atoms with Gasteiger partial charge in [0, 0.05) is 19.6 Å². The van der Waals surface area contributed by atoms with Crippen LogP contribution < -0.4 is 16.8 Å². The van der Waals surface area contributed by atoms with E-state index in [1.807, 2.05) is 19.2 Å². The fraction of sp³-hybridized carbons (Fsp3) is 0.364. The van der Waals surface area contributed by atoms with E-state index >= 15 is 0 Å². The molecule has 0 radical (unpaired) electrons. The molecule has 0 spiro atoms. The Morgan fingerprint density at radius 2 is 2.31 bits per heavy atom. The molecule has 1 atom stereocenters. The molecule has 1 heterocycles. The zero-order valence-electron chi connectivity index (χ0n) is 9.36. The molecular weight excluding hydrogens is 206 g/mol. The largest absolute Gasteiger partial charge is 0.419 e. The summed E-state index contributed by atoms with van der Waals surface area (Å²) in [5.74, 6) is -0.346. The summed E-state index contributed by atoms with van der Waals surface area (Å²) in [6, 6.07) is 5.73. The van der Waals surface area contributed by atoms with Crippen LogP contribution in [0.15, 0.2) is 27.4 Å². The number of oxazole rings is 1. The number of hydrogen-bond donors (Lipinski definition) is 2. The van der Waals surface area contributed by atoms with Crippen molar-refractivity contribution in [1.29, 1.82) is 0 Å². The molecule has 0 saturated heterocycles. The fourth-order valence-electron chi connectivity index (χ4n) is 1.78. The van der Waals surface area contributed by atoms with Crippen LogP contribution in [0.1, 0.15) is 11.6 Å². The molecule has 2 rings (SSSR count). The van der Waals surface area contributed by atoms with Gasteiger partial charge in [-0.1, -0.05) is 6.07 Å². The number of nitrogens with zero attached hydrogens (tertiary/aromatic N) is 1. The predicted octanol–water partition coefficient (Wildman–Crippen LogP) is 0.351. The summed E-state index contributed by atoms with van der Waals surface area (Å²) < 4.78 is 6.54. The summed E-state index contributed by atoms with van der Waals surface area (Å²) in [5, 5.41) is 3.12. The van der Waals surface area contributed by atoms with Gasteiger partial charge >= 0.3 is 5.76 Å². The minimum atomic E-state index is -0.346. The molecule has 0 aliphatic carbocycles. The van der Waals surface area contributed by atoms with Crippen LogP contribution in [0.2, 0.25) is 0 Å². The van der Waals surface area contributed by atoms with E-state index in [0.29, 0.717) is 12.1 Å². The summed E-state index contributed by atoms with van der Waals surface area (Å²) >= 11 is 0. The van der Waals surface area contributed by atoms with Gasteiger partial charge in [-0.05, 0) is 24.7 Å². The Labute approximate surface area is 92.8 Å². The Balaban J connectivity index is 2.58. The van der Waals surface area contributed by atoms with Gasteiger partial charge < -0.3 is 15.5 Å². The second-order valence-electron chi connectivity index (χ2n) is 3.73. The van der Waals surface area contributed by atoms with Crippen LogP contribution >= 0.6 is 0 Å². The third kappa shape index (κ3) is 1.64. The molecule has 5 heteroatoms. The molecular formula is C11H15N3O2. The number of likely N-dealkylation sites (N-methyl/N-ethyl adjacent to an activating group) is 1. The summed E-state index contributed by atoms with van der Waals surface area (Å²) in [4.78, 5) is 11.3. The lowest BCUT2D eigenvalue weighted by Gasteiger charge is -2.13. The number of aryl methyl sites for hydroxylation is 1. The van der Waals surface area contributed by atoms with Crippen LogP contribution in [0.25, 0.3) is 11.1 Å². The van der Waals surface area contributed by atoms with Crippen molar-refractivity contribution in [2.75, 3.05) is 13.6 Å². The highest BCUT2D eigenvalue weighted by Gasteiger charge is 2.11. The van der Waals surface area contributed by atoms with Crippen LogP contribution in [-0.4, -0.2) is 18.2 Å². The molecule has 86 valence electrons. The Morgan fingerprint density at radius 1 is 1.56 bits per heavy atom. The lowest BCUT2D eigenvalue weighted by molar-refractivity contribution is 0.528. The summed E-state index contributed by atoms with van der Waals surface area (Å²) in [6.45, 7) is 0.508. The van der Waals surface area contributed by atoms with Crippen LogP contribution in [-0.2, 0) is 7.05 Å². The molecule has 3 N–H and O–H groups in total. The Hall–Kier alpha value is -1.59. The predicted molar refractivity (Wildman–Crippen MR) is 62.3 cm³/mol. The van der Waals surface area contributed by atoms with E-state index in [-0.39, 0.29) is 11.8 Å². The van der Waals surface area contributed by atoms with E-state index < -0.39 is 0 Å². The quantitative estimate of drug-likeness (QED) is 0.784. The van der Waals surface area contributed by atoms with Gasteiger partial charge in [-0.3, -0.25) is 4.57 Å². The third-order valence-electron chi connectivity index (χ3n) is 2.80. The number of fused-ring (bicyclic) bond motifs is 1. The van der Waals surface area contributed by atoms with Crippen molar-refractivity contribution < 1.29 is 4.42 Å². The normalized spacial score (nSPS) is 13.2. The van der Waals surface area contributed by atoms with Gasteiger partial charge in [0.1, 0.15) is 0 Å². The second kappa shape index (κ2) is 4.11. The van der Waals surface area contributed by atoms with Crippen molar-refractivity contribution in [2.24, 2.45) is 12.8 Å². The maximum Gasteiger partial charge on any atom is 0.419 e. The first-order chi connectivity index (χ1) is 7.67. The van der Waals surface area contributed by atoms with Gasteiger partial charge in [0.25, 0.3) is 0 Å². The first kappa shape index (κ1) is 10.9. The number of aromatic nitrogens is 1. The van der Waals surface area contributed by atoms with Gasteiger partial charge in [-0.25, -0.2) is 4.79 Å². The summed E-state index contributed by atoms with van der Waals surface area (Å²) in [5.41, 5.74) is 8.09. The molecule has 0 bridgehead atoms. The number of nitrogens with two attached hydrogens (primary N) is 1. The Kier molecular flexibility index (Phi) is 2.80. The molecule has 1 unspecified atom stereocenters. The van der Waals surface area contributed by atoms with Crippen molar-refractivity contribution in [2.45, 2.75) is 6.04 Å². The van der Waals surface area contributed by atoms with E-state index in [1.54, 1.807) is 13.1 Å². The fourth-order valence-corrected chi connectivity index (χ4v) is 1.78. The standard InChI is InChI=1S/C11H15N3O2/c1-13-8(6-12)7-3-4-10-9(5-7)14(2)11(15)16-10/h3-5,8,13H,6,12H2,1-2H3. The van der Waals surface area contributed by atoms with Crippen LogP contribution in [0, 0.1) is 0 Å². The zero-order valence-corrected chi connectivity index (χ0v) is 9.36. The average Bonchev–Trinajstić information content (AvgIpc) is 2.57. The number of benzene rings is 1.